The largest absolute Gasteiger partial charge is 0.252 e. The second-order valence-electron chi connectivity index (χ2n) is 21.5. The fourth-order valence-corrected chi connectivity index (χ4v) is 15.2. The lowest BCUT2D eigenvalue weighted by Crippen LogP contribution is -2.26. The van der Waals surface area contributed by atoms with Crippen molar-refractivity contribution in [1.29, 1.82) is 0 Å². The first-order chi connectivity index (χ1) is 37.6. The Morgan fingerprint density at radius 3 is 1.20 bits per heavy atom. The zero-order chi connectivity index (χ0) is 49.9. The van der Waals surface area contributed by atoms with E-state index in [1.165, 1.54) is 144 Å². The van der Waals surface area contributed by atoms with Crippen LogP contribution in [0.4, 0.5) is 0 Å². The molecule has 0 amide bonds. The van der Waals surface area contributed by atoms with Crippen molar-refractivity contribution in [3.63, 3.8) is 0 Å². The lowest BCUT2D eigenvalue weighted by atomic mass is 9.70. The number of nitrogens with zero attached hydrogens (tertiary/aromatic N) is 1. The van der Waals surface area contributed by atoms with Gasteiger partial charge in [-0.15, -0.1) is 0 Å². The molecule has 2 spiro atoms. The van der Waals surface area contributed by atoms with Gasteiger partial charge in [0.2, 0.25) is 0 Å². The molecule has 4 aliphatic carbocycles. The minimum atomic E-state index is -0.520. The molecule has 12 aromatic carbocycles. The predicted molar refractivity (Wildman–Crippen MR) is 316 cm³/mol. The van der Waals surface area contributed by atoms with Crippen molar-refractivity contribution in [2.45, 2.75) is 24.2 Å². The molecule has 0 aromatic heterocycles. The molecule has 0 atom stereocenters. The van der Waals surface area contributed by atoms with Crippen LogP contribution in [0.25, 0.3) is 88.1 Å². The van der Waals surface area contributed by atoms with E-state index in [1.807, 2.05) is 0 Å². The number of rotatable bonds is 3. The van der Waals surface area contributed by atoms with Crippen LogP contribution in [0.15, 0.2) is 265 Å². The van der Waals surface area contributed by atoms with Crippen LogP contribution in [0, 0.1) is 0 Å². The molecule has 12 aromatic rings. The maximum absolute atomic E-state index is 6.24. The first-order valence-corrected chi connectivity index (χ1v) is 26.8. The Morgan fingerprint density at radius 1 is 0.316 bits per heavy atom. The second kappa shape index (κ2) is 15.3. The molecule has 1 nitrogen and oxygen atoms in total. The van der Waals surface area contributed by atoms with Gasteiger partial charge in [-0.1, -0.05) is 237 Å². The molecule has 1 heterocycles. The summed E-state index contributed by atoms with van der Waals surface area (Å²) in [6.45, 7) is 2.33. The molecule has 5 aliphatic rings. The van der Waals surface area contributed by atoms with Gasteiger partial charge in [0.1, 0.15) is 0 Å². The highest BCUT2D eigenvalue weighted by Gasteiger charge is 2.54. The number of benzene rings is 12. The van der Waals surface area contributed by atoms with Crippen molar-refractivity contribution in [2.75, 3.05) is 0 Å². The molecule has 0 N–H and O–H groups in total. The predicted octanol–water partition coefficient (Wildman–Crippen LogP) is 18.5. The van der Waals surface area contributed by atoms with Crippen LogP contribution in [0.5, 0.6) is 0 Å². The molecule has 0 fully saturated rings. The summed E-state index contributed by atoms with van der Waals surface area (Å²) >= 11 is 0. The number of fused-ring (bicyclic) bond motifs is 25. The van der Waals surface area contributed by atoms with Crippen molar-refractivity contribution in [1.82, 2.24) is 0 Å². The highest BCUT2D eigenvalue weighted by Crippen LogP contribution is 2.66. The van der Waals surface area contributed by atoms with Crippen molar-refractivity contribution < 1.29 is 0 Å². The topological polar surface area (TPSA) is 12.4 Å². The third-order valence-electron chi connectivity index (χ3n) is 18.1. The first-order valence-electron chi connectivity index (χ1n) is 26.8. The van der Waals surface area contributed by atoms with E-state index in [4.69, 9.17) is 4.99 Å². The number of hydrogen-bond acceptors (Lipinski definition) is 1. The molecular formula is C75H47N. The van der Waals surface area contributed by atoms with Gasteiger partial charge < -0.3 is 0 Å². The average molecular weight is 962 g/mol. The van der Waals surface area contributed by atoms with E-state index in [0.717, 1.165) is 17.0 Å². The third-order valence-corrected chi connectivity index (χ3v) is 18.1. The van der Waals surface area contributed by atoms with Gasteiger partial charge >= 0.3 is 0 Å². The van der Waals surface area contributed by atoms with Gasteiger partial charge in [-0.25, -0.2) is 0 Å². The van der Waals surface area contributed by atoms with Crippen molar-refractivity contribution >= 4 is 49.3 Å². The fraction of sp³-hybridized carbons (Fsp3) is 0.0533. The molecule has 0 unspecified atom stereocenters. The fourth-order valence-electron chi connectivity index (χ4n) is 15.2. The minimum absolute atomic E-state index is 0.503. The summed E-state index contributed by atoms with van der Waals surface area (Å²) in [6.07, 6.45) is 3.13. The Balaban J connectivity index is 0.982. The highest BCUT2D eigenvalue weighted by molar-refractivity contribution is 6.20. The van der Waals surface area contributed by atoms with Gasteiger partial charge in [-0.3, -0.25) is 4.99 Å². The number of aliphatic imine (C=N–C) groups is 1. The molecule has 1 heteroatoms. The van der Waals surface area contributed by atoms with Crippen LogP contribution < -0.4 is 0 Å². The average Bonchev–Trinajstić information content (AvgIpc) is 4.25. The number of allylic oxidation sites excluding steroid dienone is 3. The van der Waals surface area contributed by atoms with Gasteiger partial charge in [-0.05, 0) is 163 Å². The summed E-state index contributed by atoms with van der Waals surface area (Å²) in [5.74, 6) is 0. The third kappa shape index (κ3) is 5.22. The van der Waals surface area contributed by atoms with Gasteiger partial charge in [0.25, 0.3) is 0 Å². The molecule has 0 saturated carbocycles. The van der Waals surface area contributed by atoms with Gasteiger partial charge in [0.15, 0.2) is 0 Å². The molecule has 1 aliphatic heterocycles. The summed E-state index contributed by atoms with van der Waals surface area (Å²) in [4.78, 5) is 6.24. The van der Waals surface area contributed by atoms with E-state index in [9.17, 15) is 0 Å². The lowest BCUT2D eigenvalue weighted by Gasteiger charge is -2.31. The van der Waals surface area contributed by atoms with Crippen LogP contribution in [-0.4, -0.2) is 5.71 Å². The zero-order valence-corrected chi connectivity index (χ0v) is 41.9. The summed E-state index contributed by atoms with van der Waals surface area (Å²) in [7, 11) is 0. The first kappa shape index (κ1) is 42.0. The second-order valence-corrected chi connectivity index (χ2v) is 21.5. The van der Waals surface area contributed by atoms with E-state index in [-0.39, 0.29) is 0 Å². The molecule has 352 valence electrons. The van der Waals surface area contributed by atoms with Crippen LogP contribution in [-0.2, 0) is 10.8 Å². The summed E-state index contributed by atoms with van der Waals surface area (Å²) in [5, 5.41) is 7.40. The summed E-state index contributed by atoms with van der Waals surface area (Å²) in [5.41, 5.74) is 28.1. The van der Waals surface area contributed by atoms with Gasteiger partial charge in [0, 0.05) is 17.5 Å². The molecule has 0 saturated heterocycles. The van der Waals surface area contributed by atoms with E-state index >= 15 is 0 Å². The Labute approximate surface area is 442 Å². The number of hydrogen-bond donors (Lipinski definition) is 0. The van der Waals surface area contributed by atoms with Crippen molar-refractivity contribution in [3.05, 3.63) is 322 Å². The zero-order valence-electron chi connectivity index (χ0n) is 41.9. The van der Waals surface area contributed by atoms with Crippen molar-refractivity contribution in [2.24, 2.45) is 4.99 Å². The summed E-state index contributed by atoms with van der Waals surface area (Å²) in [6, 6.07) is 94.1. The standard InChI is InChI=1S/C75H47N/c1-45-49(48-39-38-46-20-2-3-21-47(46)42-48)40-41-70(60-43-68-71(56-28-6-4-22-50(56)60)58-30-12-18-36-66(58)74(68)62-32-14-8-24-52(62)53-25-9-15-33-63(53)74)76-73(45)61-44-69-72(57-29-7-5-23-51(57)61)59-31-13-19-37-67(59)75(69)64-34-16-10-26-54(64)55-27-11-17-35-65(55)75/h2-40,42-44H,41H2,1H3. The highest BCUT2D eigenvalue weighted by atomic mass is 14.8. The Morgan fingerprint density at radius 2 is 0.697 bits per heavy atom. The quantitative estimate of drug-likeness (QED) is 0.167. The van der Waals surface area contributed by atoms with E-state index in [1.54, 1.807) is 0 Å². The van der Waals surface area contributed by atoms with Gasteiger partial charge in [0.05, 0.1) is 22.2 Å². The molecule has 0 bridgehead atoms. The van der Waals surface area contributed by atoms with E-state index < -0.39 is 10.8 Å². The van der Waals surface area contributed by atoms with Crippen LogP contribution in [0.1, 0.15) is 74.5 Å². The van der Waals surface area contributed by atoms with E-state index in [2.05, 4.69) is 262 Å². The minimum Gasteiger partial charge on any atom is -0.252 e. The molecular weight excluding hydrogens is 915 g/mol. The summed E-state index contributed by atoms with van der Waals surface area (Å²) < 4.78 is 0. The Kier molecular flexibility index (Phi) is 8.46. The molecule has 17 rings (SSSR count). The maximum Gasteiger partial charge on any atom is 0.0747 e. The van der Waals surface area contributed by atoms with Crippen molar-refractivity contribution in [3.8, 4) is 44.5 Å². The Hall–Kier alpha value is -9.43. The Bertz CT molecular complexity index is 4600. The van der Waals surface area contributed by atoms with Crippen LogP contribution in [0.2, 0.25) is 0 Å². The molecule has 76 heavy (non-hydrogen) atoms. The van der Waals surface area contributed by atoms with E-state index in [0.29, 0.717) is 6.42 Å². The maximum atomic E-state index is 6.24. The monoisotopic (exact) mass is 961 g/mol. The van der Waals surface area contributed by atoms with Gasteiger partial charge in [-0.2, -0.15) is 0 Å². The van der Waals surface area contributed by atoms with Crippen LogP contribution >= 0.6 is 0 Å². The molecule has 0 radical (unpaired) electrons. The normalized spacial score (nSPS) is 15.4. The smallest absolute Gasteiger partial charge is 0.0747 e. The lowest BCUT2D eigenvalue weighted by molar-refractivity contribution is 0.794. The van der Waals surface area contributed by atoms with Crippen LogP contribution in [0.3, 0.4) is 0 Å². The SMILES string of the molecule is CC1=C(c2cc3c(c4ccccc24)-c2ccccc2C32c3ccccc3-c3ccccc32)N=C(c2cc3c(c4ccccc24)-c2ccccc2C32c3ccccc3-c3ccccc32)CC=C1c1ccc2ccccc2c1.